The number of ether oxygens (including phenoxy) is 1. The van der Waals surface area contributed by atoms with Gasteiger partial charge >= 0.3 is 0 Å². The summed E-state index contributed by atoms with van der Waals surface area (Å²) in [5, 5.41) is 12.7. The molecule has 4 nitrogen and oxygen atoms in total. The molecule has 0 aliphatic rings. The highest BCUT2D eigenvalue weighted by molar-refractivity contribution is 6.34. The molecule has 2 rings (SSSR count). The van der Waals surface area contributed by atoms with Crippen LogP contribution in [0, 0.1) is 5.82 Å². The Balaban J connectivity index is 2.09. The van der Waals surface area contributed by atoms with Crippen LogP contribution in [0.25, 0.3) is 0 Å². The summed E-state index contributed by atoms with van der Waals surface area (Å²) in [6, 6.07) is 10.7. The van der Waals surface area contributed by atoms with Crippen molar-refractivity contribution in [3.05, 3.63) is 64.4 Å². The van der Waals surface area contributed by atoms with Crippen molar-refractivity contribution in [1.29, 1.82) is 0 Å². The van der Waals surface area contributed by atoms with Crippen molar-refractivity contribution in [2.24, 2.45) is 0 Å². The van der Waals surface area contributed by atoms with Crippen molar-refractivity contribution in [3.63, 3.8) is 0 Å². The Bertz CT molecular complexity index is 678. The van der Waals surface area contributed by atoms with Crippen molar-refractivity contribution < 1.29 is 19.0 Å². The summed E-state index contributed by atoms with van der Waals surface area (Å²) in [6.07, 6.45) is -1.15. The molecule has 0 saturated carbocycles. The maximum absolute atomic E-state index is 13.6. The third-order valence-electron chi connectivity index (χ3n) is 3.14. The quantitative estimate of drug-likeness (QED) is 0.889. The van der Waals surface area contributed by atoms with Gasteiger partial charge in [0, 0.05) is 12.1 Å². The predicted molar refractivity (Wildman–Crippen MR) is 81.7 cm³/mol. The zero-order valence-electron chi connectivity index (χ0n) is 11.8. The van der Waals surface area contributed by atoms with Crippen molar-refractivity contribution >= 4 is 17.5 Å². The van der Waals surface area contributed by atoms with Crippen LogP contribution in [-0.4, -0.2) is 24.7 Å². The Morgan fingerprint density at radius 3 is 2.73 bits per heavy atom. The van der Waals surface area contributed by atoms with E-state index in [1.54, 1.807) is 24.3 Å². The summed E-state index contributed by atoms with van der Waals surface area (Å²) < 4.78 is 18.6. The second-order valence-electron chi connectivity index (χ2n) is 4.56. The SMILES string of the molecule is COc1cccc(Cl)c1C(=O)NCC(O)c1ccccc1F. The number of amides is 1. The molecule has 22 heavy (non-hydrogen) atoms. The standard InChI is InChI=1S/C16H15ClFNO3/c1-22-14-8-4-6-11(17)15(14)16(21)19-9-13(20)10-5-2-3-7-12(10)18/h2-8,13,20H,9H2,1H3,(H,19,21). The Morgan fingerprint density at radius 2 is 2.05 bits per heavy atom. The Labute approximate surface area is 132 Å². The number of carbonyl (C=O) groups is 1. The van der Waals surface area contributed by atoms with E-state index in [0.717, 1.165) is 0 Å². The number of aliphatic hydroxyl groups excluding tert-OH is 1. The highest BCUT2D eigenvalue weighted by Gasteiger charge is 2.18. The molecule has 2 aromatic rings. The molecule has 0 saturated heterocycles. The molecule has 0 aromatic heterocycles. The van der Waals surface area contributed by atoms with Crippen molar-refractivity contribution in [2.45, 2.75) is 6.10 Å². The Kier molecular flexibility index (Phi) is 5.35. The second-order valence-corrected chi connectivity index (χ2v) is 4.97. The Morgan fingerprint density at radius 1 is 1.32 bits per heavy atom. The average molecular weight is 324 g/mol. The highest BCUT2D eigenvalue weighted by atomic mass is 35.5. The van der Waals surface area contributed by atoms with Gasteiger partial charge in [0.15, 0.2) is 0 Å². The van der Waals surface area contributed by atoms with E-state index in [1.165, 1.54) is 25.3 Å². The first-order chi connectivity index (χ1) is 10.5. The van der Waals surface area contributed by atoms with Gasteiger partial charge in [0.05, 0.1) is 23.8 Å². The summed E-state index contributed by atoms with van der Waals surface area (Å²) in [7, 11) is 1.43. The monoisotopic (exact) mass is 323 g/mol. The van der Waals surface area contributed by atoms with Crippen LogP contribution in [0.2, 0.25) is 5.02 Å². The van der Waals surface area contributed by atoms with E-state index in [2.05, 4.69) is 5.32 Å². The largest absolute Gasteiger partial charge is 0.496 e. The molecule has 2 aromatic carbocycles. The minimum absolute atomic E-state index is 0.119. The zero-order valence-corrected chi connectivity index (χ0v) is 12.6. The van der Waals surface area contributed by atoms with Crippen LogP contribution in [-0.2, 0) is 0 Å². The molecule has 6 heteroatoms. The normalized spacial score (nSPS) is 11.8. The summed E-state index contributed by atoms with van der Waals surface area (Å²) in [5.41, 5.74) is 0.293. The number of aliphatic hydroxyl groups is 1. The number of hydrogen-bond acceptors (Lipinski definition) is 3. The first-order valence-electron chi connectivity index (χ1n) is 6.57. The van der Waals surface area contributed by atoms with Gasteiger partial charge in [-0.25, -0.2) is 4.39 Å². The van der Waals surface area contributed by atoms with E-state index in [-0.39, 0.29) is 22.7 Å². The van der Waals surface area contributed by atoms with Crippen molar-refractivity contribution in [1.82, 2.24) is 5.32 Å². The van der Waals surface area contributed by atoms with Crippen LogP contribution >= 0.6 is 11.6 Å². The number of nitrogens with one attached hydrogen (secondary N) is 1. The van der Waals surface area contributed by atoms with E-state index in [4.69, 9.17) is 16.3 Å². The predicted octanol–water partition coefficient (Wildman–Crippen LogP) is 2.95. The first kappa shape index (κ1) is 16.3. The minimum atomic E-state index is -1.15. The van der Waals surface area contributed by atoms with Crippen LogP contribution in [0.5, 0.6) is 5.75 Å². The van der Waals surface area contributed by atoms with Crippen LogP contribution in [0.15, 0.2) is 42.5 Å². The van der Waals surface area contributed by atoms with Crippen LogP contribution in [0.3, 0.4) is 0 Å². The van der Waals surface area contributed by atoms with Gasteiger partial charge < -0.3 is 15.2 Å². The van der Waals surface area contributed by atoms with Gasteiger partial charge in [-0.05, 0) is 18.2 Å². The number of halogens is 2. The molecular formula is C16H15ClFNO3. The molecule has 0 spiro atoms. The topological polar surface area (TPSA) is 58.6 Å². The molecule has 116 valence electrons. The van der Waals surface area contributed by atoms with Gasteiger partial charge in [-0.15, -0.1) is 0 Å². The van der Waals surface area contributed by atoms with Crippen molar-refractivity contribution in [3.8, 4) is 5.75 Å². The maximum atomic E-state index is 13.6. The molecule has 0 heterocycles. The lowest BCUT2D eigenvalue weighted by molar-refractivity contribution is 0.0911. The van der Waals surface area contributed by atoms with E-state index >= 15 is 0 Å². The minimum Gasteiger partial charge on any atom is -0.496 e. The van der Waals surface area contributed by atoms with Gasteiger partial charge in [-0.2, -0.15) is 0 Å². The van der Waals surface area contributed by atoms with Crippen molar-refractivity contribution in [2.75, 3.05) is 13.7 Å². The third-order valence-corrected chi connectivity index (χ3v) is 3.46. The summed E-state index contributed by atoms with van der Waals surface area (Å²) in [4.78, 5) is 12.2. The van der Waals surface area contributed by atoms with Gasteiger partial charge in [0.1, 0.15) is 11.6 Å². The van der Waals surface area contributed by atoms with E-state index < -0.39 is 17.8 Å². The van der Waals surface area contributed by atoms with Gasteiger partial charge in [0.2, 0.25) is 0 Å². The third kappa shape index (κ3) is 3.55. The molecule has 0 fully saturated rings. The fraction of sp³-hybridized carbons (Fsp3) is 0.188. The lowest BCUT2D eigenvalue weighted by Crippen LogP contribution is -2.29. The van der Waals surface area contributed by atoms with Gasteiger partial charge in [0.25, 0.3) is 5.91 Å². The highest BCUT2D eigenvalue weighted by Crippen LogP contribution is 2.26. The smallest absolute Gasteiger partial charge is 0.256 e. The van der Waals surface area contributed by atoms with Crippen LogP contribution in [0.4, 0.5) is 4.39 Å². The van der Waals surface area contributed by atoms with Crippen LogP contribution < -0.4 is 10.1 Å². The molecule has 2 N–H and O–H groups in total. The zero-order chi connectivity index (χ0) is 16.1. The summed E-state index contributed by atoms with van der Waals surface area (Å²) in [5.74, 6) is -0.706. The average Bonchev–Trinajstić information content (AvgIpc) is 2.52. The molecule has 1 unspecified atom stereocenters. The number of methoxy groups -OCH3 is 1. The fourth-order valence-corrected chi connectivity index (χ4v) is 2.28. The molecule has 0 aliphatic carbocycles. The molecule has 0 bridgehead atoms. The lowest BCUT2D eigenvalue weighted by atomic mass is 10.1. The first-order valence-corrected chi connectivity index (χ1v) is 6.95. The second kappa shape index (κ2) is 7.24. The van der Waals surface area contributed by atoms with Gasteiger partial charge in [-0.3, -0.25) is 4.79 Å². The molecule has 1 amide bonds. The lowest BCUT2D eigenvalue weighted by Gasteiger charge is -2.14. The summed E-state index contributed by atoms with van der Waals surface area (Å²) >= 11 is 6.00. The van der Waals surface area contributed by atoms with E-state index in [1.807, 2.05) is 0 Å². The number of rotatable bonds is 5. The van der Waals surface area contributed by atoms with E-state index in [9.17, 15) is 14.3 Å². The van der Waals surface area contributed by atoms with E-state index in [0.29, 0.717) is 5.75 Å². The Hall–Kier alpha value is -2.11. The summed E-state index contributed by atoms with van der Waals surface area (Å²) in [6.45, 7) is -0.145. The molecule has 1 atom stereocenters. The maximum Gasteiger partial charge on any atom is 0.256 e. The fourth-order valence-electron chi connectivity index (χ4n) is 2.03. The van der Waals surface area contributed by atoms with Crippen LogP contribution in [0.1, 0.15) is 22.0 Å². The number of benzene rings is 2. The van der Waals surface area contributed by atoms with Gasteiger partial charge in [-0.1, -0.05) is 35.9 Å². The molecular weight excluding hydrogens is 309 g/mol. The molecule has 0 aliphatic heterocycles. The number of carbonyl (C=O) groups excluding carboxylic acids is 1. The molecule has 0 radical (unpaired) electrons. The number of hydrogen-bond donors (Lipinski definition) is 2.